The third-order valence-electron chi connectivity index (χ3n) is 2.11. The second kappa shape index (κ2) is 4.18. The highest BCUT2D eigenvalue weighted by atomic mass is 127. The van der Waals surface area contributed by atoms with Crippen molar-refractivity contribution in [2.45, 2.75) is 6.92 Å². The second-order valence-corrected chi connectivity index (χ2v) is 4.45. The van der Waals surface area contributed by atoms with Gasteiger partial charge in [-0.3, -0.25) is 4.68 Å². The molecule has 0 aliphatic heterocycles. The average Bonchev–Trinajstić information content (AvgIpc) is 2.59. The summed E-state index contributed by atoms with van der Waals surface area (Å²) < 4.78 is 2.97. The molecule has 5 heteroatoms. The smallest absolute Gasteiger partial charge is 0.132 e. The van der Waals surface area contributed by atoms with E-state index in [9.17, 15) is 0 Å². The molecular formula is C10H11IN4. The van der Waals surface area contributed by atoms with Crippen LogP contribution >= 0.6 is 22.6 Å². The molecule has 0 aromatic carbocycles. The number of rotatable bonds is 2. The summed E-state index contributed by atoms with van der Waals surface area (Å²) in [5, 5.41) is 7.28. The Morgan fingerprint density at radius 2 is 2.27 bits per heavy atom. The standard InChI is InChI=1S/C10H11IN4/c1-7-6-12-9(5-8(7)11)14-10-3-4-13-15(10)2/h3-6H,1-2H3,(H,12,14). The maximum absolute atomic E-state index is 4.30. The van der Waals surface area contributed by atoms with Crippen molar-refractivity contribution in [3.8, 4) is 0 Å². The topological polar surface area (TPSA) is 42.7 Å². The third-order valence-corrected chi connectivity index (χ3v) is 3.28. The van der Waals surface area contributed by atoms with Crippen molar-refractivity contribution in [2.75, 3.05) is 5.32 Å². The number of nitrogens with zero attached hydrogens (tertiary/aromatic N) is 3. The monoisotopic (exact) mass is 314 g/mol. The molecule has 0 amide bonds. The Morgan fingerprint density at radius 1 is 1.47 bits per heavy atom. The first-order valence-electron chi connectivity index (χ1n) is 4.54. The minimum atomic E-state index is 0.841. The molecule has 0 spiro atoms. The molecule has 4 nitrogen and oxygen atoms in total. The van der Waals surface area contributed by atoms with Gasteiger partial charge in [-0.05, 0) is 41.1 Å². The Labute approximate surface area is 102 Å². The van der Waals surface area contributed by atoms with Gasteiger partial charge in [0.15, 0.2) is 0 Å². The molecule has 2 heterocycles. The van der Waals surface area contributed by atoms with Crippen molar-refractivity contribution in [1.29, 1.82) is 0 Å². The number of nitrogens with one attached hydrogen (secondary N) is 1. The normalized spacial score (nSPS) is 10.3. The van der Waals surface area contributed by atoms with Gasteiger partial charge in [-0.15, -0.1) is 0 Å². The zero-order chi connectivity index (χ0) is 10.8. The summed E-state index contributed by atoms with van der Waals surface area (Å²) in [5.41, 5.74) is 1.19. The van der Waals surface area contributed by atoms with Crippen LogP contribution < -0.4 is 5.32 Å². The van der Waals surface area contributed by atoms with E-state index in [0.29, 0.717) is 0 Å². The first-order valence-corrected chi connectivity index (χ1v) is 5.62. The van der Waals surface area contributed by atoms with E-state index in [4.69, 9.17) is 0 Å². The van der Waals surface area contributed by atoms with Crippen LogP contribution in [0.2, 0.25) is 0 Å². The van der Waals surface area contributed by atoms with Crippen molar-refractivity contribution in [3.05, 3.63) is 33.7 Å². The lowest BCUT2D eigenvalue weighted by atomic mass is 10.3. The van der Waals surface area contributed by atoms with Gasteiger partial charge in [0.25, 0.3) is 0 Å². The fourth-order valence-electron chi connectivity index (χ4n) is 1.20. The van der Waals surface area contributed by atoms with Gasteiger partial charge < -0.3 is 5.32 Å². The highest BCUT2D eigenvalue weighted by Crippen LogP contribution is 2.17. The highest BCUT2D eigenvalue weighted by Gasteiger charge is 2.01. The number of halogens is 1. The Morgan fingerprint density at radius 3 is 2.87 bits per heavy atom. The van der Waals surface area contributed by atoms with E-state index in [-0.39, 0.29) is 0 Å². The molecule has 0 unspecified atom stereocenters. The van der Waals surface area contributed by atoms with E-state index in [1.54, 1.807) is 10.9 Å². The van der Waals surface area contributed by atoms with Crippen molar-refractivity contribution < 1.29 is 0 Å². The fraction of sp³-hybridized carbons (Fsp3) is 0.200. The minimum absolute atomic E-state index is 0.841. The summed E-state index contributed by atoms with van der Waals surface area (Å²) in [6.07, 6.45) is 3.61. The zero-order valence-electron chi connectivity index (χ0n) is 8.53. The Balaban J connectivity index is 2.25. The molecule has 0 atom stereocenters. The molecule has 0 saturated carbocycles. The summed E-state index contributed by atoms with van der Waals surface area (Å²) in [6, 6.07) is 3.93. The van der Waals surface area contributed by atoms with E-state index in [2.05, 4.69) is 38.0 Å². The van der Waals surface area contributed by atoms with Crippen molar-refractivity contribution >= 4 is 34.2 Å². The number of aromatic nitrogens is 3. The summed E-state index contributed by atoms with van der Waals surface area (Å²) in [7, 11) is 1.89. The van der Waals surface area contributed by atoms with Crippen molar-refractivity contribution in [1.82, 2.24) is 14.8 Å². The average molecular weight is 314 g/mol. The van der Waals surface area contributed by atoms with Crippen LogP contribution in [0.4, 0.5) is 11.6 Å². The second-order valence-electron chi connectivity index (χ2n) is 3.28. The maximum Gasteiger partial charge on any atom is 0.132 e. The summed E-state index contributed by atoms with van der Waals surface area (Å²) in [4.78, 5) is 4.30. The molecule has 0 bridgehead atoms. The highest BCUT2D eigenvalue weighted by molar-refractivity contribution is 14.1. The quantitative estimate of drug-likeness (QED) is 0.866. The Kier molecular flexibility index (Phi) is 2.90. The molecule has 2 rings (SSSR count). The number of hydrogen-bond donors (Lipinski definition) is 1. The van der Waals surface area contributed by atoms with Crippen LogP contribution in [0.3, 0.4) is 0 Å². The van der Waals surface area contributed by atoms with Gasteiger partial charge in [0, 0.05) is 22.9 Å². The maximum atomic E-state index is 4.30. The third kappa shape index (κ3) is 2.28. The molecule has 0 radical (unpaired) electrons. The van der Waals surface area contributed by atoms with E-state index < -0.39 is 0 Å². The minimum Gasteiger partial charge on any atom is -0.325 e. The lowest BCUT2D eigenvalue weighted by molar-refractivity contribution is 0.776. The molecular weight excluding hydrogens is 303 g/mol. The van der Waals surface area contributed by atoms with Gasteiger partial charge in [-0.1, -0.05) is 0 Å². The number of anilines is 2. The van der Waals surface area contributed by atoms with Crippen LogP contribution in [0.1, 0.15) is 5.56 Å². The number of aryl methyl sites for hydroxylation is 2. The van der Waals surface area contributed by atoms with Gasteiger partial charge in [0.2, 0.25) is 0 Å². The van der Waals surface area contributed by atoms with Gasteiger partial charge in [-0.25, -0.2) is 4.98 Å². The predicted molar refractivity (Wildman–Crippen MR) is 68.2 cm³/mol. The van der Waals surface area contributed by atoms with E-state index in [0.717, 1.165) is 11.6 Å². The Bertz CT molecular complexity index is 478. The molecule has 2 aromatic heterocycles. The molecule has 0 aliphatic rings. The first-order chi connectivity index (χ1) is 7.16. The van der Waals surface area contributed by atoms with E-state index >= 15 is 0 Å². The van der Waals surface area contributed by atoms with E-state index in [1.807, 2.05) is 32.3 Å². The van der Waals surface area contributed by atoms with Crippen LogP contribution in [-0.2, 0) is 7.05 Å². The first kappa shape index (κ1) is 10.4. The van der Waals surface area contributed by atoms with Crippen LogP contribution in [-0.4, -0.2) is 14.8 Å². The molecule has 0 saturated heterocycles. The summed E-state index contributed by atoms with van der Waals surface area (Å²) in [6.45, 7) is 2.04. The van der Waals surface area contributed by atoms with Gasteiger partial charge >= 0.3 is 0 Å². The lowest BCUT2D eigenvalue weighted by Crippen LogP contribution is -2.01. The van der Waals surface area contributed by atoms with Crippen molar-refractivity contribution in [2.24, 2.45) is 7.05 Å². The zero-order valence-corrected chi connectivity index (χ0v) is 10.7. The molecule has 1 N–H and O–H groups in total. The van der Waals surface area contributed by atoms with Gasteiger partial charge in [0.1, 0.15) is 11.6 Å². The number of hydrogen-bond acceptors (Lipinski definition) is 3. The van der Waals surface area contributed by atoms with Crippen molar-refractivity contribution in [3.63, 3.8) is 0 Å². The largest absolute Gasteiger partial charge is 0.325 e. The summed E-state index contributed by atoms with van der Waals surface area (Å²) in [5.74, 6) is 1.77. The van der Waals surface area contributed by atoms with Gasteiger partial charge in [-0.2, -0.15) is 5.10 Å². The van der Waals surface area contributed by atoms with Crippen LogP contribution in [0.15, 0.2) is 24.5 Å². The van der Waals surface area contributed by atoms with Crippen LogP contribution in [0, 0.1) is 10.5 Å². The molecule has 78 valence electrons. The Hall–Kier alpha value is -1.11. The molecule has 15 heavy (non-hydrogen) atoms. The van der Waals surface area contributed by atoms with Crippen LogP contribution in [0.5, 0.6) is 0 Å². The van der Waals surface area contributed by atoms with Crippen LogP contribution in [0.25, 0.3) is 0 Å². The molecule has 2 aromatic rings. The summed E-state index contributed by atoms with van der Waals surface area (Å²) >= 11 is 2.30. The molecule has 0 aliphatic carbocycles. The number of pyridine rings is 1. The lowest BCUT2D eigenvalue weighted by Gasteiger charge is -2.06. The molecule has 0 fully saturated rings. The van der Waals surface area contributed by atoms with Gasteiger partial charge in [0.05, 0.1) is 6.20 Å². The SMILES string of the molecule is Cc1cnc(Nc2ccnn2C)cc1I. The fourth-order valence-corrected chi connectivity index (χ4v) is 1.63. The predicted octanol–water partition coefficient (Wildman–Crippen LogP) is 2.47. The van der Waals surface area contributed by atoms with E-state index in [1.165, 1.54) is 9.13 Å².